The maximum Gasteiger partial charge on any atom is 0.356 e. The minimum atomic E-state index is -1.09. The Kier molecular flexibility index (Phi) is 6.25. The van der Waals surface area contributed by atoms with Crippen LogP contribution < -0.4 is 11.1 Å². The Bertz CT molecular complexity index is 946. The van der Waals surface area contributed by atoms with Crippen LogP contribution in [0, 0.1) is 25.2 Å². The molecular formula is C18H17N5O2S. The molecule has 2 aromatic heterocycles. The Morgan fingerprint density at radius 3 is 2.54 bits per heavy atom. The topological polar surface area (TPSA) is 125 Å². The normalized spacial score (nSPS) is 9.58. The Morgan fingerprint density at radius 1 is 1.23 bits per heavy atom. The molecule has 0 atom stereocenters. The average Bonchev–Trinajstić information content (AvgIpc) is 3.00. The molecule has 26 heavy (non-hydrogen) atoms. The smallest absolute Gasteiger partial charge is 0.356 e. The molecule has 8 heteroatoms. The lowest BCUT2D eigenvalue weighted by molar-refractivity contribution is 0.0691. The molecule has 0 amide bonds. The minimum Gasteiger partial charge on any atom is -0.476 e. The number of nitrogens with one attached hydrogen (secondary N) is 1. The number of pyridine rings is 1. The third-order valence-electron chi connectivity index (χ3n) is 3.14. The first-order valence-electron chi connectivity index (χ1n) is 7.54. The summed E-state index contributed by atoms with van der Waals surface area (Å²) < 4.78 is 0. The van der Waals surface area contributed by atoms with E-state index in [1.165, 1.54) is 11.3 Å². The largest absolute Gasteiger partial charge is 0.476 e. The number of carbonyl (C=O) groups is 1. The van der Waals surface area contributed by atoms with E-state index in [0.717, 1.165) is 5.69 Å². The van der Waals surface area contributed by atoms with Crippen LogP contribution in [-0.4, -0.2) is 21.0 Å². The molecule has 0 saturated carbocycles. The highest BCUT2D eigenvalue weighted by Gasteiger charge is 2.12. The van der Waals surface area contributed by atoms with Crippen molar-refractivity contribution in [1.82, 2.24) is 9.97 Å². The Balaban J connectivity index is 0.000000290. The van der Waals surface area contributed by atoms with Gasteiger partial charge in [0.25, 0.3) is 0 Å². The zero-order valence-corrected chi connectivity index (χ0v) is 15.0. The van der Waals surface area contributed by atoms with Crippen LogP contribution in [0.5, 0.6) is 0 Å². The maximum atomic E-state index is 11.1. The van der Waals surface area contributed by atoms with Gasteiger partial charge < -0.3 is 16.2 Å². The number of carboxylic acid groups (broad SMARTS) is 1. The fourth-order valence-electron chi connectivity index (χ4n) is 2.01. The first-order valence-corrected chi connectivity index (χ1v) is 8.42. The molecular weight excluding hydrogens is 350 g/mol. The number of aryl methyl sites for hydroxylation is 2. The number of carboxylic acids is 1. The van der Waals surface area contributed by atoms with Gasteiger partial charge in [0.2, 0.25) is 0 Å². The number of benzene rings is 1. The van der Waals surface area contributed by atoms with Crippen molar-refractivity contribution in [3.63, 3.8) is 0 Å². The van der Waals surface area contributed by atoms with Gasteiger partial charge in [-0.15, -0.1) is 11.3 Å². The second kappa shape index (κ2) is 8.60. The highest BCUT2D eigenvalue weighted by atomic mass is 32.1. The second-order valence-electron chi connectivity index (χ2n) is 5.30. The summed E-state index contributed by atoms with van der Waals surface area (Å²) in [6, 6.07) is 12.2. The van der Waals surface area contributed by atoms with Crippen molar-refractivity contribution in [1.29, 1.82) is 5.26 Å². The van der Waals surface area contributed by atoms with Crippen molar-refractivity contribution < 1.29 is 9.90 Å². The van der Waals surface area contributed by atoms with E-state index < -0.39 is 5.97 Å². The van der Waals surface area contributed by atoms with Crippen LogP contribution in [0.3, 0.4) is 0 Å². The van der Waals surface area contributed by atoms with Crippen LogP contribution >= 0.6 is 11.3 Å². The Labute approximate surface area is 154 Å². The predicted molar refractivity (Wildman–Crippen MR) is 102 cm³/mol. The molecule has 3 aromatic rings. The van der Waals surface area contributed by atoms with Gasteiger partial charge in [-0.05, 0) is 44.2 Å². The van der Waals surface area contributed by atoms with Gasteiger partial charge in [0.05, 0.1) is 23.0 Å². The minimum absolute atomic E-state index is 0.0395. The quantitative estimate of drug-likeness (QED) is 0.644. The molecule has 0 radical (unpaired) electrons. The van der Waals surface area contributed by atoms with E-state index in [1.54, 1.807) is 43.3 Å². The van der Waals surface area contributed by atoms with Crippen LogP contribution in [0.4, 0.5) is 16.5 Å². The van der Waals surface area contributed by atoms with E-state index >= 15 is 0 Å². The first kappa shape index (κ1) is 18.9. The number of rotatable bonds is 3. The molecule has 0 aliphatic rings. The molecule has 1 aromatic carbocycles. The summed E-state index contributed by atoms with van der Waals surface area (Å²) in [5.74, 6) is -1.09. The summed E-state index contributed by atoms with van der Waals surface area (Å²) in [6.07, 6.45) is 0. The van der Waals surface area contributed by atoms with Crippen molar-refractivity contribution in [3.8, 4) is 6.07 Å². The van der Waals surface area contributed by atoms with Crippen LogP contribution in [0.25, 0.3) is 0 Å². The van der Waals surface area contributed by atoms with E-state index in [-0.39, 0.29) is 5.69 Å². The summed E-state index contributed by atoms with van der Waals surface area (Å²) in [6.45, 7) is 3.65. The number of aromatic carboxylic acids is 1. The number of thiazole rings is 1. The molecule has 4 N–H and O–H groups in total. The fourth-order valence-corrected chi connectivity index (χ4v) is 2.56. The second-order valence-corrected chi connectivity index (χ2v) is 6.19. The molecule has 2 heterocycles. The van der Waals surface area contributed by atoms with E-state index in [4.69, 9.17) is 16.1 Å². The van der Waals surface area contributed by atoms with Crippen LogP contribution in [0.15, 0.2) is 41.8 Å². The lowest BCUT2D eigenvalue weighted by atomic mass is 10.2. The first-order chi connectivity index (χ1) is 12.4. The number of nitrogen functional groups attached to an aromatic ring is 1. The highest BCUT2D eigenvalue weighted by molar-refractivity contribution is 7.13. The van der Waals surface area contributed by atoms with Crippen molar-refractivity contribution >= 4 is 33.8 Å². The van der Waals surface area contributed by atoms with Gasteiger partial charge in [0, 0.05) is 16.8 Å². The van der Waals surface area contributed by atoms with Gasteiger partial charge in [-0.2, -0.15) is 5.26 Å². The SMILES string of the molecule is Cc1ccc(Nc2cccc(C#N)c2)c(C(=O)O)n1.Cc1csc(N)n1. The van der Waals surface area contributed by atoms with Crippen molar-refractivity contribution in [2.45, 2.75) is 13.8 Å². The molecule has 132 valence electrons. The number of nitriles is 1. The maximum absolute atomic E-state index is 11.1. The molecule has 0 bridgehead atoms. The van der Waals surface area contributed by atoms with Gasteiger partial charge in [-0.25, -0.2) is 14.8 Å². The lowest BCUT2D eigenvalue weighted by Gasteiger charge is -2.09. The van der Waals surface area contributed by atoms with Crippen LogP contribution in [0.1, 0.15) is 27.4 Å². The molecule has 0 saturated heterocycles. The van der Waals surface area contributed by atoms with E-state index in [0.29, 0.717) is 27.8 Å². The predicted octanol–water partition coefficient (Wildman–Crippen LogP) is 3.74. The highest BCUT2D eigenvalue weighted by Crippen LogP contribution is 2.21. The summed E-state index contributed by atoms with van der Waals surface area (Å²) in [5, 5.41) is 23.5. The third-order valence-corrected chi connectivity index (χ3v) is 3.94. The number of nitrogens with two attached hydrogens (primary N) is 1. The van der Waals surface area contributed by atoms with Crippen molar-refractivity contribution in [3.05, 3.63) is 64.4 Å². The van der Waals surface area contributed by atoms with E-state index in [9.17, 15) is 4.79 Å². The number of nitrogens with zero attached hydrogens (tertiary/aromatic N) is 3. The van der Waals surface area contributed by atoms with Crippen LogP contribution in [0.2, 0.25) is 0 Å². The number of hydrogen-bond donors (Lipinski definition) is 3. The Hall–Kier alpha value is -3.44. The molecule has 0 unspecified atom stereocenters. The number of anilines is 3. The van der Waals surface area contributed by atoms with Gasteiger partial charge in [0.15, 0.2) is 10.8 Å². The molecule has 3 rings (SSSR count). The molecule has 0 fully saturated rings. The lowest BCUT2D eigenvalue weighted by Crippen LogP contribution is -2.06. The molecule has 0 aliphatic heterocycles. The summed E-state index contributed by atoms with van der Waals surface area (Å²) >= 11 is 1.47. The fraction of sp³-hybridized carbons (Fsp3) is 0.111. The van der Waals surface area contributed by atoms with Gasteiger partial charge in [-0.1, -0.05) is 6.07 Å². The van der Waals surface area contributed by atoms with Crippen LogP contribution in [-0.2, 0) is 0 Å². The summed E-state index contributed by atoms with van der Waals surface area (Å²) in [5.41, 5.74) is 8.43. The van der Waals surface area contributed by atoms with Gasteiger partial charge in [0.1, 0.15) is 0 Å². The molecule has 0 spiro atoms. The molecule has 0 aliphatic carbocycles. The number of hydrogen-bond acceptors (Lipinski definition) is 7. The number of aromatic nitrogens is 2. The van der Waals surface area contributed by atoms with Crippen molar-refractivity contribution in [2.75, 3.05) is 11.1 Å². The Morgan fingerprint density at radius 2 is 2.00 bits per heavy atom. The van der Waals surface area contributed by atoms with E-state index in [1.807, 2.05) is 18.4 Å². The monoisotopic (exact) mass is 367 g/mol. The zero-order chi connectivity index (χ0) is 19.1. The van der Waals surface area contributed by atoms with Crippen molar-refractivity contribution in [2.24, 2.45) is 0 Å². The van der Waals surface area contributed by atoms with Gasteiger partial charge in [-0.3, -0.25) is 0 Å². The summed E-state index contributed by atoms with van der Waals surface area (Å²) in [4.78, 5) is 19.0. The zero-order valence-electron chi connectivity index (χ0n) is 14.2. The standard InChI is InChI=1S/C14H11N3O2.C4H6N2S/c1-9-5-6-12(13(16-9)14(18)19)17-11-4-2-3-10(7-11)8-15;1-3-2-7-4(5)6-3/h2-7,17H,1H3,(H,18,19);2H,1H3,(H2,5,6). The molecule has 7 nitrogen and oxygen atoms in total. The van der Waals surface area contributed by atoms with E-state index in [2.05, 4.69) is 15.3 Å². The third kappa shape index (κ3) is 5.29. The van der Waals surface area contributed by atoms with Gasteiger partial charge >= 0.3 is 5.97 Å². The summed E-state index contributed by atoms with van der Waals surface area (Å²) in [7, 11) is 0. The average molecular weight is 367 g/mol.